The molecule has 0 spiro atoms. The Balaban J connectivity index is 2.86. The van der Waals surface area contributed by atoms with Gasteiger partial charge in [0, 0.05) is 0 Å². The van der Waals surface area contributed by atoms with E-state index in [0.29, 0.717) is 12.4 Å². The number of phenolic OH excluding ortho intramolecular Hbond substituents is 1. The molecule has 0 aliphatic heterocycles. The molecule has 0 saturated carbocycles. The first-order valence-electron chi connectivity index (χ1n) is 3.35. The maximum Gasteiger partial charge on any atom is 0.129 e. The lowest BCUT2D eigenvalue weighted by atomic mass is 10.3. The van der Waals surface area contributed by atoms with Crippen LogP contribution in [0.15, 0.2) is 18.2 Å². The quantitative estimate of drug-likeness (QED) is 0.831. The van der Waals surface area contributed by atoms with Crippen molar-refractivity contribution in [2.75, 3.05) is 6.61 Å². The van der Waals surface area contributed by atoms with E-state index in [1.165, 1.54) is 0 Å². The minimum atomic E-state index is 0.300. The van der Waals surface area contributed by atoms with Crippen molar-refractivity contribution in [3.63, 3.8) is 0 Å². The van der Waals surface area contributed by atoms with Crippen molar-refractivity contribution >= 4 is 22.6 Å². The Bertz CT molecular complexity index is 248. The molecule has 1 aromatic carbocycles. The number of benzene rings is 1. The third-order valence-corrected chi connectivity index (χ3v) is 2.09. The lowest BCUT2D eigenvalue weighted by Crippen LogP contribution is -1.90. The maximum atomic E-state index is 9.15. The van der Waals surface area contributed by atoms with Gasteiger partial charge in [0.2, 0.25) is 0 Å². The molecule has 0 radical (unpaired) electrons. The second-order valence-corrected chi connectivity index (χ2v) is 3.21. The van der Waals surface area contributed by atoms with Crippen LogP contribution in [0.2, 0.25) is 0 Å². The molecule has 0 amide bonds. The van der Waals surface area contributed by atoms with E-state index in [4.69, 9.17) is 9.84 Å². The summed E-state index contributed by atoms with van der Waals surface area (Å²) in [5, 5.41) is 9.15. The van der Waals surface area contributed by atoms with Gasteiger partial charge in [-0.2, -0.15) is 0 Å². The second kappa shape index (κ2) is 3.80. The monoisotopic (exact) mass is 264 g/mol. The van der Waals surface area contributed by atoms with Crippen LogP contribution in [-0.4, -0.2) is 11.7 Å². The highest BCUT2D eigenvalue weighted by molar-refractivity contribution is 14.1. The van der Waals surface area contributed by atoms with Gasteiger partial charge in [0.25, 0.3) is 0 Å². The first-order valence-corrected chi connectivity index (χ1v) is 4.43. The van der Waals surface area contributed by atoms with Gasteiger partial charge >= 0.3 is 0 Å². The molecule has 2 nitrogen and oxygen atoms in total. The SMILES string of the molecule is CCOc1ccc(O)c(I)c1. The third-order valence-electron chi connectivity index (χ3n) is 1.23. The van der Waals surface area contributed by atoms with Crippen LogP contribution in [0.3, 0.4) is 0 Å². The highest BCUT2D eigenvalue weighted by Crippen LogP contribution is 2.23. The Labute approximate surface area is 79.3 Å². The van der Waals surface area contributed by atoms with Crippen molar-refractivity contribution in [2.45, 2.75) is 6.92 Å². The maximum absolute atomic E-state index is 9.15. The van der Waals surface area contributed by atoms with Crippen LogP contribution in [0.5, 0.6) is 11.5 Å². The fourth-order valence-electron chi connectivity index (χ4n) is 0.744. The summed E-state index contributed by atoms with van der Waals surface area (Å²) in [6.45, 7) is 2.58. The molecule has 0 aliphatic carbocycles. The molecule has 0 fully saturated rings. The minimum absolute atomic E-state index is 0.300. The number of ether oxygens (including phenoxy) is 1. The minimum Gasteiger partial charge on any atom is -0.507 e. The highest BCUT2D eigenvalue weighted by Gasteiger charge is 1.98. The van der Waals surface area contributed by atoms with Crippen molar-refractivity contribution in [3.8, 4) is 11.5 Å². The van der Waals surface area contributed by atoms with Crippen LogP contribution in [0.4, 0.5) is 0 Å². The van der Waals surface area contributed by atoms with Crippen LogP contribution < -0.4 is 4.74 Å². The second-order valence-electron chi connectivity index (χ2n) is 2.05. The fourth-order valence-corrected chi connectivity index (χ4v) is 1.23. The lowest BCUT2D eigenvalue weighted by Gasteiger charge is -2.03. The summed E-state index contributed by atoms with van der Waals surface area (Å²) in [7, 11) is 0. The Kier molecular flexibility index (Phi) is 2.99. The van der Waals surface area contributed by atoms with Gasteiger partial charge in [0.1, 0.15) is 11.5 Å². The molecule has 3 heteroatoms. The molecular formula is C8H9IO2. The Morgan fingerprint density at radius 3 is 2.82 bits per heavy atom. The predicted molar refractivity (Wildman–Crippen MR) is 52.0 cm³/mol. The Hall–Kier alpha value is -0.450. The standard InChI is InChI=1S/C8H9IO2/c1-2-11-6-3-4-8(10)7(9)5-6/h3-5,10H,2H2,1H3. The number of halogens is 1. The summed E-state index contributed by atoms with van der Waals surface area (Å²) < 4.78 is 6.04. The average molecular weight is 264 g/mol. The molecule has 0 atom stereocenters. The first-order chi connectivity index (χ1) is 5.24. The van der Waals surface area contributed by atoms with Crippen LogP contribution in [-0.2, 0) is 0 Å². The van der Waals surface area contributed by atoms with Crippen molar-refractivity contribution < 1.29 is 9.84 Å². The lowest BCUT2D eigenvalue weighted by molar-refractivity contribution is 0.339. The number of phenols is 1. The molecular weight excluding hydrogens is 255 g/mol. The zero-order chi connectivity index (χ0) is 8.27. The topological polar surface area (TPSA) is 29.5 Å². The van der Waals surface area contributed by atoms with Gasteiger partial charge in [-0.05, 0) is 47.7 Å². The molecule has 0 aromatic heterocycles. The normalized spacial score (nSPS) is 9.64. The number of hydrogen-bond acceptors (Lipinski definition) is 2. The summed E-state index contributed by atoms with van der Waals surface area (Å²) in [6, 6.07) is 5.19. The first kappa shape index (κ1) is 8.64. The fraction of sp³-hybridized carbons (Fsp3) is 0.250. The van der Waals surface area contributed by atoms with Gasteiger partial charge in [-0.3, -0.25) is 0 Å². The molecule has 1 rings (SSSR count). The summed E-state index contributed by atoms with van der Waals surface area (Å²) in [5.74, 6) is 1.10. The molecule has 60 valence electrons. The smallest absolute Gasteiger partial charge is 0.129 e. The van der Waals surface area contributed by atoms with E-state index < -0.39 is 0 Å². The van der Waals surface area contributed by atoms with Crippen molar-refractivity contribution in [2.24, 2.45) is 0 Å². The van der Waals surface area contributed by atoms with Gasteiger partial charge in [0.15, 0.2) is 0 Å². The zero-order valence-corrected chi connectivity index (χ0v) is 8.33. The van der Waals surface area contributed by atoms with Crippen molar-refractivity contribution in [3.05, 3.63) is 21.8 Å². The molecule has 0 bridgehead atoms. The molecule has 0 saturated heterocycles. The summed E-state index contributed by atoms with van der Waals surface area (Å²) >= 11 is 2.06. The van der Waals surface area contributed by atoms with E-state index in [1.54, 1.807) is 18.2 Å². The third kappa shape index (κ3) is 2.25. The number of hydrogen-bond donors (Lipinski definition) is 1. The van der Waals surface area contributed by atoms with Gasteiger partial charge in [-0.1, -0.05) is 0 Å². The van der Waals surface area contributed by atoms with E-state index in [1.807, 2.05) is 6.92 Å². The van der Waals surface area contributed by atoms with E-state index >= 15 is 0 Å². The van der Waals surface area contributed by atoms with Gasteiger partial charge in [-0.15, -0.1) is 0 Å². The largest absolute Gasteiger partial charge is 0.507 e. The van der Waals surface area contributed by atoms with Crippen molar-refractivity contribution in [1.82, 2.24) is 0 Å². The molecule has 0 unspecified atom stereocenters. The molecule has 1 N–H and O–H groups in total. The zero-order valence-electron chi connectivity index (χ0n) is 6.17. The molecule has 11 heavy (non-hydrogen) atoms. The molecule has 0 aliphatic rings. The number of rotatable bonds is 2. The Morgan fingerprint density at radius 2 is 2.27 bits per heavy atom. The summed E-state index contributed by atoms with van der Waals surface area (Å²) in [5.41, 5.74) is 0. The van der Waals surface area contributed by atoms with E-state index in [2.05, 4.69) is 22.6 Å². The van der Waals surface area contributed by atoms with Crippen LogP contribution >= 0.6 is 22.6 Å². The number of aromatic hydroxyl groups is 1. The highest BCUT2D eigenvalue weighted by atomic mass is 127. The Morgan fingerprint density at radius 1 is 1.55 bits per heavy atom. The van der Waals surface area contributed by atoms with E-state index in [9.17, 15) is 0 Å². The van der Waals surface area contributed by atoms with Gasteiger partial charge < -0.3 is 9.84 Å². The predicted octanol–water partition coefficient (Wildman–Crippen LogP) is 2.40. The van der Waals surface area contributed by atoms with E-state index in [-0.39, 0.29) is 0 Å². The van der Waals surface area contributed by atoms with Gasteiger partial charge in [0.05, 0.1) is 10.2 Å². The summed E-state index contributed by atoms with van der Waals surface area (Å²) in [4.78, 5) is 0. The summed E-state index contributed by atoms with van der Waals surface area (Å²) in [6.07, 6.45) is 0. The van der Waals surface area contributed by atoms with E-state index in [0.717, 1.165) is 9.32 Å². The van der Waals surface area contributed by atoms with Crippen LogP contribution in [0, 0.1) is 3.57 Å². The molecule has 1 aromatic rings. The molecule has 0 heterocycles. The van der Waals surface area contributed by atoms with Gasteiger partial charge in [-0.25, -0.2) is 0 Å². The van der Waals surface area contributed by atoms with Crippen LogP contribution in [0.25, 0.3) is 0 Å². The van der Waals surface area contributed by atoms with Crippen LogP contribution in [0.1, 0.15) is 6.92 Å². The average Bonchev–Trinajstić information content (AvgIpc) is 1.98. The van der Waals surface area contributed by atoms with Crippen molar-refractivity contribution in [1.29, 1.82) is 0 Å².